The SMILES string of the molecule is NC1NNCC1[C@H]1CCCC[C@@H]1Oc1ccc(S(=O)(=O)Nc2ccncn2)c(F)c1Cl. The lowest BCUT2D eigenvalue weighted by Crippen LogP contribution is -2.45. The second kappa shape index (κ2) is 9.21. The molecule has 2 fully saturated rings. The number of anilines is 1. The molecule has 5 N–H and O–H groups in total. The van der Waals surface area contributed by atoms with Crippen LogP contribution in [0.1, 0.15) is 25.7 Å². The number of nitrogens with two attached hydrogens (primary N) is 1. The minimum Gasteiger partial charge on any atom is -0.488 e. The van der Waals surface area contributed by atoms with Gasteiger partial charge in [-0.1, -0.05) is 18.0 Å². The molecular weight excluding hydrogens is 447 g/mol. The molecule has 2 unspecified atom stereocenters. The highest BCUT2D eigenvalue weighted by molar-refractivity contribution is 7.92. The van der Waals surface area contributed by atoms with Crippen LogP contribution >= 0.6 is 11.6 Å². The van der Waals surface area contributed by atoms with Gasteiger partial charge in [0.2, 0.25) is 0 Å². The highest BCUT2D eigenvalue weighted by atomic mass is 35.5. The Balaban J connectivity index is 1.55. The topological polar surface area (TPSA) is 131 Å². The van der Waals surface area contributed by atoms with Crippen LogP contribution in [0.15, 0.2) is 35.6 Å². The Morgan fingerprint density at radius 3 is 2.74 bits per heavy atom. The minimum absolute atomic E-state index is 0.0195. The van der Waals surface area contributed by atoms with Gasteiger partial charge in [-0.2, -0.15) is 0 Å². The molecule has 1 aliphatic carbocycles. The molecule has 168 valence electrons. The van der Waals surface area contributed by atoms with E-state index >= 15 is 0 Å². The first-order valence-corrected chi connectivity index (χ1v) is 11.9. The van der Waals surface area contributed by atoms with Gasteiger partial charge in [-0.3, -0.25) is 10.1 Å². The fraction of sp³-hybridized carbons (Fsp3) is 0.474. The molecular formula is C19H24ClFN6O3S. The monoisotopic (exact) mass is 470 g/mol. The highest BCUT2D eigenvalue weighted by Crippen LogP contribution is 2.38. The number of nitrogens with zero attached hydrogens (tertiary/aromatic N) is 2. The van der Waals surface area contributed by atoms with Crippen LogP contribution in [0.4, 0.5) is 10.2 Å². The van der Waals surface area contributed by atoms with Crippen molar-refractivity contribution in [2.45, 2.75) is 42.8 Å². The molecule has 1 aliphatic heterocycles. The van der Waals surface area contributed by atoms with Gasteiger partial charge in [0.15, 0.2) is 5.82 Å². The van der Waals surface area contributed by atoms with Crippen molar-refractivity contribution >= 4 is 27.4 Å². The van der Waals surface area contributed by atoms with Crippen molar-refractivity contribution in [3.05, 3.63) is 41.6 Å². The Kier molecular flexibility index (Phi) is 6.58. The summed E-state index contributed by atoms with van der Waals surface area (Å²) in [5, 5.41) is -0.373. The lowest BCUT2D eigenvalue weighted by Gasteiger charge is -2.36. The molecule has 1 aromatic carbocycles. The number of rotatable bonds is 6. The number of hydrogen-bond donors (Lipinski definition) is 4. The molecule has 2 heterocycles. The maximum atomic E-state index is 15.0. The molecule has 0 radical (unpaired) electrons. The summed E-state index contributed by atoms with van der Waals surface area (Å²) in [7, 11) is -4.24. The average Bonchev–Trinajstić information content (AvgIpc) is 3.18. The molecule has 9 nitrogen and oxygen atoms in total. The van der Waals surface area contributed by atoms with Crippen molar-refractivity contribution in [1.29, 1.82) is 0 Å². The van der Waals surface area contributed by atoms with E-state index in [-0.39, 0.29) is 40.7 Å². The lowest BCUT2D eigenvalue weighted by molar-refractivity contribution is 0.0559. The molecule has 4 atom stereocenters. The first-order chi connectivity index (χ1) is 14.9. The number of hydrazine groups is 1. The molecule has 0 amide bonds. The van der Waals surface area contributed by atoms with E-state index in [1.54, 1.807) is 0 Å². The van der Waals surface area contributed by atoms with E-state index in [0.717, 1.165) is 38.3 Å². The van der Waals surface area contributed by atoms with Gasteiger partial charge in [0.1, 0.15) is 33.9 Å². The quantitative estimate of drug-likeness (QED) is 0.504. The van der Waals surface area contributed by atoms with Gasteiger partial charge in [0.05, 0.1) is 6.17 Å². The van der Waals surface area contributed by atoms with Crippen LogP contribution in [0.2, 0.25) is 5.02 Å². The first-order valence-electron chi connectivity index (χ1n) is 10.0. The Morgan fingerprint density at radius 1 is 1.23 bits per heavy atom. The maximum absolute atomic E-state index is 15.0. The van der Waals surface area contributed by atoms with E-state index in [2.05, 4.69) is 25.5 Å². The zero-order chi connectivity index (χ0) is 22.0. The highest BCUT2D eigenvalue weighted by Gasteiger charge is 2.39. The Labute approximate surface area is 185 Å². The van der Waals surface area contributed by atoms with Crippen LogP contribution in [0.25, 0.3) is 0 Å². The zero-order valence-electron chi connectivity index (χ0n) is 16.6. The van der Waals surface area contributed by atoms with Gasteiger partial charge in [-0.05, 0) is 37.5 Å². The summed E-state index contributed by atoms with van der Waals surface area (Å²) in [6.45, 7) is 0.722. The van der Waals surface area contributed by atoms with Gasteiger partial charge in [0, 0.05) is 24.6 Å². The van der Waals surface area contributed by atoms with Crippen molar-refractivity contribution in [1.82, 2.24) is 20.8 Å². The molecule has 0 bridgehead atoms. The van der Waals surface area contributed by atoms with Crippen molar-refractivity contribution < 1.29 is 17.5 Å². The van der Waals surface area contributed by atoms with Crippen molar-refractivity contribution in [2.24, 2.45) is 17.6 Å². The summed E-state index contributed by atoms with van der Waals surface area (Å²) >= 11 is 6.20. The molecule has 2 aromatic rings. The average molecular weight is 471 g/mol. The van der Waals surface area contributed by atoms with E-state index < -0.39 is 20.7 Å². The number of halogens is 2. The summed E-state index contributed by atoms with van der Waals surface area (Å²) in [4.78, 5) is 6.91. The summed E-state index contributed by atoms with van der Waals surface area (Å²) in [6, 6.07) is 3.88. The van der Waals surface area contributed by atoms with E-state index in [4.69, 9.17) is 22.1 Å². The number of ether oxygens (including phenoxy) is 1. The van der Waals surface area contributed by atoms with E-state index in [1.807, 2.05) is 0 Å². The molecule has 12 heteroatoms. The lowest BCUT2D eigenvalue weighted by atomic mass is 9.77. The molecule has 1 aromatic heterocycles. The van der Waals surface area contributed by atoms with Crippen LogP contribution < -0.4 is 26.0 Å². The summed E-state index contributed by atoms with van der Waals surface area (Å²) in [6.07, 6.45) is 5.96. The predicted molar refractivity (Wildman–Crippen MR) is 113 cm³/mol. The Hall–Kier alpha value is -2.05. The van der Waals surface area contributed by atoms with Gasteiger partial charge >= 0.3 is 0 Å². The Morgan fingerprint density at radius 2 is 2.03 bits per heavy atom. The zero-order valence-corrected chi connectivity index (χ0v) is 18.2. The fourth-order valence-electron chi connectivity index (χ4n) is 4.23. The van der Waals surface area contributed by atoms with Gasteiger partial charge in [-0.15, -0.1) is 0 Å². The van der Waals surface area contributed by atoms with Gasteiger partial charge < -0.3 is 10.5 Å². The Bertz CT molecular complexity index is 1030. The molecule has 2 aliphatic rings. The second-order valence-corrected chi connectivity index (χ2v) is 9.74. The van der Waals surface area contributed by atoms with E-state index in [0.29, 0.717) is 0 Å². The molecule has 1 saturated heterocycles. The largest absolute Gasteiger partial charge is 0.488 e. The minimum atomic E-state index is -4.24. The smallest absolute Gasteiger partial charge is 0.266 e. The van der Waals surface area contributed by atoms with Crippen LogP contribution in [-0.2, 0) is 10.0 Å². The number of nitrogens with one attached hydrogen (secondary N) is 3. The standard InChI is InChI=1S/C19H24ClFN6O3S/c20-17-14(30-13-4-2-1-3-11(13)12-9-25-26-19(12)22)5-6-15(18(17)21)31(28,29)27-16-7-8-23-10-24-16/h5-8,10-13,19,25-26H,1-4,9,22H2,(H,23,24,27)/t11-,12?,13+,19?/m1/s1. The third kappa shape index (κ3) is 4.75. The maximum Gasteiger partial charge on any atom is 0.266 e. The first kappa shape index (κ1) is 22.2. The molecule has 0 spiro atoms. The molecule has 1 saturated carbocycles. The van der Waals surface area contributed by atoms with E-state index in [1.165, 1.54) is 24.7 Å². The van der Waals surface area contributed by atoms with Crippen LogP contribution in [0.3, 0.4) is 0 Å². The summed E-state index contributed by atoms with van der Waals surface area (Å²) in [5.41, 5.74) is 12.2. The third-order valence-electron chi connectivity index (χ3n) is 5.77. The number of aromatic nitrogens is 2. The molecule has 31 heavy (non-hydrogen) atoms. The fourth-order valence-corrected chi connectivity index (χ4v) is 5.58. The van der Waals surface area contributed by atoms with Crippen molar-refractivity contribution in [3.8, 4) is 5.75 Å². The normalized spacial score (nSPS) is 26.5. The van der Waals surface area contributed by atoms with E-state index in [9.17, 15) is 12.8 Å². The van der Waals surface area contributed by atoms with Crippen molar-refractivity contribution in [3.63, 3.8) is 0 Å². The summed E-state index contributed by atoms with van der Waals surface area (Å²) in [5.74, 6) is -0.594. The second-order valence-electron chi connectivity index (χ2n) is 7.71. The molecule has 4 rings (SSSR count). The summed E-state index contributed by atoms with van der Waals surface area (Å²) < 4.78 is 48.5. The number of hydrogen-bond acceptors (Lipinski definition) is 8. The number of sulfonamides is 1. The van der Waals surface area contributed by atoms with Crippen LogP contribution in [0.5, 0.6) is 5.75 Å². The third-order valence-corrected chi connectivity index (χ3v) is 7.50. The number of benzene rings is 1. The van der Waals surface area contributed by atoms with Gasteiger partial charge in [-0.25, -0.2) is 28.2 Å². The van der Waals surface area contributed by atoms with Crippen LogP contribution in [0, 0.1) is 17.7 Å². The van der Waals surface area contributed by atoms with Crippen molar-refractivity contribution in [2.75, 3.05) is 11.3 Å². The predicted octanol–water partition coefficient (Wildman–Crippen LogP) is 2.02. The van der Waals surface area contributed by atoms with Crippen LogP contribution in [-0.4, -0.2) is 37.2 Å². The van der Waals surface area contributed by atoms with Gasteiger partial charge in [0.25, 0.3) is 10.0 Å².